The van der Waals surface area contributed by atoms with Crippen molar-refractivity contribution in [1.29, 1.82) is 0 Å². The van der Waals surface area contributed by atoms with Crippen molar-refractivity contribution in [2.75, 3.05) is 13.1 Å². The van der Waals surface area contributed by atoms with Gasteiger partial charge in [-0.15, -0.1) is 24.0 Å². The highest BCUT2D eigenvalue weighted by Gasteiger charge is 2.00. The lowest BCUT2D eigenvalue weighted by Crippen LogP contribution is -2.38. The lowest BCUT2D eigenvalue weighted by Gasteiger charge is -2.10. The number of guanidine groups is 1. The van der Waals surface area contributed by atoms with Gasteiger partial charge < -0.3 is 10.6 Å². The Kier molecular flexibility index (Phi) is 8.60. The van der Waals surface area contributed by atoms with Gasteiger partial charge in [-0.1, -0.05) is 12.1 Å². The molecule has 0 aliphatic rings. The summed E-state index contributed by atoms with van der Waals surface area (Å²) in [6.07, 6.45) is 4.73. The molecule has 23 heavy (non-hydrogen) atoms. The zero-order chi connectivity index (χ0) is 15.8. The van der Waals surface area contributed by atoms with Crippen molar-refractivity contribution in [3.05, 3.63) is 53.6 Å². The maximum absolute atomic E-state index is 13.1. The quantitative estimate of drug-likeness (QED) is 0.420. The van der Waals surface area contributed by atoms with Gasteiger partial charge in [-0.2, -0.15) is 5.10 Å². The fourth-order valence-corrected chi connectivity index (χ4v) is 2.07. The van der Waals surface area contributed by atoms with E-state index in [0.717, 1.165) is 31.0 Å². The zero-order valence-corrected chi connectivity index (χ0v) is 15.8. The Balaban J connectivity index is 0.00000264. The average molecular weight is 431 g/mol. The van der Waals surface area contributed by atoms with E-state index < -0.39 is 0 Å². The van der Waals surface area contributed by atoms with E-state index in [2.05, 4.69) is 20.7 Å². The molecule has 7 heteroatoms. The summed E-state index contributed by atoms with van der Waals surface area (Å²) < 4.78 is 14.9. The number of halogens is 2. The molecule has 5 nitrogen and oxygen atoms in total. The van der Waals surface area contributed by atoms with Crippen molar-refractivity contribution in [1.82, 2.24) is 20.4 Å². The SMILES string of the molecule is CCNC(=NCc1cccc(F)c1)NCCc1cnn(C)c1.I. The van der Waals surface area contributed by atoms with Gasteiger partial charge in [0.15, 0.2) is 5.96 Å². The van der Waals surface area contributed by atoms with E-state index in [1.165, 1.54) is 17.7 Å². The third-order valence-corrected chi connectivity index (χ3v) is 3.12. The molecule has 1 heterocycles. The third-order valence-electron chi connectivity index (χ3n) is 3.12. The first-order chi connectivity index (χ1) is 10.7. The van der Waals surface area contributed by atoms with Gasteiger partial charge >= 0.3 is 0 Å². The highest BCUT2D eigenvalue weighted by atomic mass is 127. The van der Waals surface area contributed by atoms with E-state index >= 15 is 0 Å². The summed E-state index contributed by atoms with van der Waals surface area (Å²) >= 11 is 0. The summed E-state index contributed by atoms with van der Waals surface area (Å²) in [6, 6.07) is 6.50. The fourth-order valence-electron chi connectivity index (χ4n) is 2.07. The number of aliphatic imine (C=N–C) groups is 1. The summed E-state index contributed by atoms with van der Waals surface area (Å²) in [4.78, 5) is 4.47. The second-order valence-corrected chi connectivity index (χ2v) is 5.02. The molecular formula is C16H23FIN5. The third kappa shape index (κ3) is 6.98. The minimum atomic E-state index is -0.234. The van der Waals surface area contributed by atoms with E-state index in [-0.39, 0.29) is 29.8 Å². The Morgan fingerprint density at radius 3 is 2.78 bits per heavy atom. The first kappa shape index (κ1) is 19.4. The number of hydrogen-bond donors (Lipinski definition) is 2. The van der Waals surface area contributed by atoms with Crippen LogP contribution in [-0.2, 0) is 20.0 Å². The number of benzene rings is 1. The van der Waals surface area contributed by atoms with Gasteiger partial charge in [0, 0.05) is 26.3 Å². The number of nitrogens with one attached hydrogen (secondary N) is 2. The summed E-state index contributed by atoms with van der Waals surface area (Å²) in [5, 5.41) is 10.6. The molecular weight excluding hydrogens is 408 g/mol. The number of aryl methyl sites for hydroxylation is 1. The van der Waals surface area contributed by atoms with Crippen LogP contribution in [0.5, 0.6) is 0 Å². The standard InChI is InChI=1S/C16H22FN5.HI/c1-3-18-16(19-8-7-14-11-21-22(2)12-14)20-10-13-5-4-6-15(17)9-13;/h4-6,9,11-12H,3,7-8,10H2,1-2H3,(H2,18,19,20);1H. The molecule has 0 saturated heterocycles. The molecule has 0 unspecified atom stereocenters. The van der Waals surface area contributed by atoms with E-state index in [9.17, 15) is 4.39 Å². The summed E-state index contributed by atoms with van der Waals surface area (Å²) in [5.41, 5.74) is 2.03. The number of nitrogens with zero attached hydrogens (tertiary/aromatic N) is 3. The maximum Gasteiger partial charge on any atom is 0.191 e. The highest BCUT2D eigenvalue weighted by Crippen LogP contribution is 2.04. The van der Waals surface area contributed by atoms with Crippen LogP contribution in [0.4, 0.5) is 4.39 Å². The van der Waals surface area contributed by atoms with Crippen LogP contribution in [0.25, 0.3) is 0 Å². The van der Waals surface area contributed by atoms with Crippen LogP contribution in [0.15, 0.2) is 41.7 Å². The molecule has 0 bridgehead atoms. The van der Waals surface area contributed by atoms with Crippen LogP contribution in [-0.4, -0.2) is 28.8 Å². The van der Waals surface area contributed by atoms with Crippen LogP contribution in [0.3, 0.4) is 0 Å². The molecule has 2 aromatic rings. The normalized spacial score (nSPS) is 11.0. The van der Waals surface area contributed by atoms with Crippen LogP contribution < -0.4 is 10.6 Å². The topological polar surface area (TPSA) is 54.2 Å². The minimum absolute atomic E-state index is 0. The van der Waals surface area contributed by atoms with Gasteiger partial charge in [0.2, 0.25) is 0 Å². The van der Waals surface area contributed by atoms with Crippen molar-refractivity contribution < 1.29 is 4.39 Å². The monoisotopic (exact) mass is 431 g/mol. The van der Waals surface area contributed by atoms with Crippen molar-refractivity contribution in [3.8, 4) is 0 Å². The van der Waals surface area contributed by atoms with Gasteiger partial charge in [0.1, 0.15) is 5.82 Å². The zero-order valence-electron chi connectivity index (χ0n) is 13.4. The first-order valence-electron chi connectivity index (χ1n) is 7.41. The molecule has 1 aromatic heterocycles. The van der Waals surface area contributed by atoms with E-state index in [1.807, 2.05) is 32.4 Å². The number of hydrogen-bond acceptors (Lipinski definition) is 2. The fraction of sp³-hybridized carbons (Fsp3) is 0.375. The first-order valence-corrected chi connectivity index (χ1v) is 7.41. The van der Waals surface area contributed by atoms with Gasteiger partial charge in [-0.05, 0) is 36.6 Å². The van der Waals surface area contributed by atoms with Gasteiger partial charge in [0.25, 0.3) is 0 Å². The Morgan fingerprint density at radius 2 is 2.13 bits per heavy atom. The predicted octanol–water partition coefficient (Wildman–Crippen LogP) is 2.48. The van der Waals surface area contributed by atoms with E-state index in [1.54, 1.807) is 10.7 Å². The van der Waals surface area contributed by atoms with Crippen molar-refractivity contribution in [2.24, 2.45) is 12.0 Å². The Labute approximate surface area is 153 Å². The largest absolute Gasteiger partial charge is 0.357 e. The predicted molar refractivity (Wildman–Crippen MR) is 102 cm³/mol. The maximum atomic E-state index is 13.1. The van der Waals surface area contributed by atoms with Gasteiger partial charge in [0.05, 0.1) is 12.7 Å². The smallest absolute Gasteiger partial charge is 0.191 e. The average Bonchev–Trinajstić information content (AvgIpc) is 2.90. The van der Waals surface area contributed by atoms with E-state index in [0.29, 0.717) is 6.54 Å². The van der Waals surface area contributed by atoms with Crippen molar-refractivity contribution >= 4 is 29.9 Å². The molecule has 0 saturated carbocycles. The van der Waals surface area contributed by atoms with Crippen LogP contribution in [0, 0.1) is 5.82 Å². The molecule has 2 rings (SSSR count). The molecule has 0 aliphatic carbocycles. The van der Waals surface area contributed by atoms with Crippen molar-refractivity contribution in [3.63, 3.8) is 0 Å². The lowest BCUT2D eigenvalue weighted by molar-refractivity contribution is 0.625. The van der Waals surface area contributed by atoms with Crippen LogP contribution >= 0.6 is 24.0 Å². The Morgan fingerprint density at radius 1 is 1.30 bits per heavy atom. The molecule has 1 aromatic carbocycles. The molecule has 126 valence electrons. The molecule has 0 fully saturated rings. The van der Waals surface area contributed by atoms with Gasteiger partial charge in [-0.25, -0.2) is 9.38 Å². The van der Waals surface area contributed by atoms with Crippen LogP contribution in [0.2, 0.25) is 0 Å². The lowest BCUT2D eigenvalue weighted by atomic mass is 10.2. The molecule has 2 N–H and O–H groups in total. The number of aromatic nitrogens is 2. The second-order valence-electron chi connectivity index (χ2n) is 5.02. The molecule has 0 aliphatic heterocycles. The van der Waals surface area contributed by atoms with Crippen LogP contribution in [0.1, 0.15) is 18.1 Å². The minimum Gasteiger partial charge on any atom is -0.357 e. The van der Waals surface area contributed by atoms with Gasteiger partial charge in [-0.3, -0.25) is 4.68 Å². The summed E-state index contributed by atoms with van der Waals surface area (Å²) in [5.74, 6) is 0.498. The molecule has 0 radical (unpaired) electrons. The second kappa shape index (κ2) is 10.2. The summed E-state index contributed by atoms with van der Waals surface area (Å²) in [6.45, 7) is 4.00. The van der Waals surface area contributed by atoms with Crippen molar-refractivity contribution in [2.45, 2.75) is 19.9 Å². The number of rotatable bonds is 6. The van der Waals surface area contributed by atoms with E-state index in [4.69, 9.17) is 0 Å². The Hall–Kier alpha value is -1.64. The molecule has 0 atom stereocenters. The molecule has 0 amide bonds. The summed E-state index contributed by atoms with van der Waals surface area (Å²) in [7, 11) is 1.90. The highest BCUT2D eigenvalue weighted by molar-refractivity contribution is 14.0. The Bertz CT molecular complexity index is 626. The molecule has 0 spiro atoms.